The van der Waals surface area contributed by atoms with Gasteiger partial charge in [0.1, 0.15) is 28.7 Å². The van der Waals surface area contributed by atoms with Crippen molar-refractivity contribution in [3.63, 3.8) is 0 Å². The Balaban J connectivity index is 1.50. The van der Waals surface area contributed by atoms with Gasteiger partial charge in [-0.25, -0.2) is 27.2 Å². The first kappa shape index (κ1) is 20.4. The van der Waals surface area contributed by atoms with Crippen LogP contribution in [-0.4, -0.2) is 48.9 Å². The fourth-order valence-corrected chi connectivity index (χ4v) is 4.87. The van der Waals surface area contributed by atoms with Gasteiger partial charge < -0.3 is 4.90 Å². The van der Waals surface area contributed by atoms with E-state index in [2.05, 4.69) is 9.97 Å². The number of hydrogen-bond donors (Lipinski definition) is 0. The molecular formula is C21H20F2N4O2S. The van der Waals surface area contributed by atoms with Crippen molar-refractivity contribution in [3.8, 4) is 11.3 Å². The molecule has 0 radical (unpaired) electrons. The molecule has 0 unspecified atom stereocenters. The molecule has 1 saturated heterocycles. The first-order valence-corrected chi connectivity index (χ1v) is 10.9. The monoisotopic (exact) mass is 430 g/mol. The summed E-state index contributed by atoms with van der Waals surface area (Å²) in [7, 11) is -4.12. The molecule has 1 aliphatic rings. The molecule has 0 spiro atoms. The zero-order valence-electron chi connectivity index (χ0n) is 16.3. The Morgan fingerprint density at radius 1 is 0.900 bits per heavy atom. The van der Waals surface area contributed by atoms with Gasteiger partial charge in [-0.15, -0.1) is 0 Å². The SMILES string of the molecule is Cc1ccc(-c2cc(N3CCN(S(=O)(=O)c4cc(F)ccc4F)CC3)ncn2)cc1. The van der Waals surface area contributed by atoms with Crippen LogP contribution in [0.3, 0.4) is 0 Å². The van der Waals surface area contributed by atoms with Gasteiger partial charge in [0, 0.05) is 37.8 Å². The standard InChI is InChI=1S/C21H20F2N4O2S/c1-15-2-4-16(5-3-15)19-13-21(25-14-24-19)26-8-10-27(11-9-26)30(28,29)20-12-17(22)6-7-18(20)23/h2-7,12-14H,8-11H2,1H3. The fraction of sp³-hybridized carbons (Fsp3) is 0.238. The number of hydrogen-bond acceptors (Lipinski definition) is 5. The van der Waals surface area contributed by atoms with Gasteiger partial charge in [0.2, 0.25) is 10.0 Å². The molecular weight excluding hydrogens is 410 g/mol. The molecule has 0 N–H and O–H groups in total. The van der Waals surface area contributed by atoms with E-state index in [1.165, 1.54) is 10.6 Å². The number of aromatic nitrogens is 2. The second-order valence-electron chi connectivity index (χ2n) is 7.09. The van der Waals surface area contributed by atoms with Crippen molar-refractivity contribution in [2.24, 2.45) is 0 Å². The van der Waals surface area contributed by atoms with Crippen LogP contribution in [0.1, 0.15) is 5.56 Å². The van der Waals surface area contributed by atoms with Crippen LogP contribution in [0.4, 0.5) is 14.6 Å². The maximum Gasteiger partial charge on any atom is 0.246 e. The lowest BCUT2D eigenvalue weighted by Crippen LogP contribution is -2.49. The molecule has 9 heteroatoms. The maximum atomic E-state index is 14.0. The van der Waals surface area contributed by atoms with Gasteiger partial charge in [-0.2, -0.15) is 4.31 Å². The molecule has 1 aromatic heterocycles. The van der Waals surface area contributed by atoms with E-state index in [4.69, 9.17) is 0 Å². The summed E-state index contributed by atoms with van der Waals surface area (Å²) >= 11 is 0. The van der Waals surface area contributed by atoms with Crippen molar-refractivity contribution >= 4 is 15.8 Å². The topological polar surface area (TPSA) is 66.4 Å². The molecule has 2 heterocycles. The third kappa shape index (κ3) is 4.03. The van der Waals surface area contributed by atoms with E-state index in [1.807, 2.05) is 42.2 Å². The predicted octanol–water partition coefficient (Wildman–Crippen LogP) is 3.24. The average Bonchev–Trinajstić information content (AvgIpc) is 2.76. The minimum absolute atomic E-state index is 0.141. The lowest BCUT2D eigenvalue weighted by Gasteiger charge is -2.34. The van der Waals surface area contributed by atoms with Crippen molar-refractivity contribution in [1.29, 1.82) is 0 Å². The molecule has 0 aliphatic carbocycles. The summed E-state index contributed by atoms with van der Waals surface area (Å²) in [6.45, 7) is 3.05. The van der Waals surface area contributed by atoms with E-state index in [1.54, 1.807) is 0 Å². The first-order chi connectivity index (χ1) is 14.3. The summed E-state index contributed by atoms with van der Waals surface area (Å²) in [4.78, 5) is 9.95. The molecule has 1 aliphatic heterocycles. The quantitative estimate of drug-likeness (QED) is 0.636. The van der Waals surface area contributed by atoms with Gasteiger partial charge in [-0.05, 0) is 25.1 Å². The number of anilines is 1. The predicted molar refractivity (Wildman–Crippen MR) is 110 cm³/mol. The number of nitrogens with zero attached hydrogens (tertiary/aromatic N) is 4. The number of rotatable bonds is 4. The van der Waals surface area contributed by atoms with E-state index in [0.29, 0.717) is 18.9 Å². The molecule has 0 amide bonds. The highest BCUT2D eigenvalue weighted by Crippen LogP contribution is 2.25. The molecule has 0 bridgehead atoms. The van der Waals surface area contributed by atoms with Crippen molar-refractivity contribution in [2.45, 2.75) is 11.8 Å². The largest absolute Gasteiger partial charge is 0.354 e. The Kier molecular flexibility index (Phi) is 5.48. The van der Waals surface area contributed by atoms with Crippen LogP contribution >= 0.6 is 0 Å². The lowest BCUT2D eigenvalue weighted by molar-refractivity contribution is 0.381. The summed E-state index contributed by atoms with van der Waals surface area (Å²) < 4.78 is 54.1. The summed E-state index contributed by atoms with van der Waals surface area (Å²) in [6.07, 6.45) is 1.48. The highest BCUT2D eigenvalue weighted by Gasteiger charge is 2.31. The van der Waals surface area contributed by atoms with E-state index in [0.717, 1.165) is 35.0 Å². The Morgan fingerprint density at radius 2 is 1.60 bits per heavy atom. The lowest BCUT2D eigenvalue weighted by atomic mass is 10.1. The second-order valence-corrected chi connectivity index (χ2v) is 9.00. The summed E-state index contributed by atoms with van der Waals surface area (Å²) in [6, 6.07) is 12.3. The van der Waals surface area contributed by atoms with E-state index < -0.39 is 26.6 Å². The van der Waals surface area contributed by atoms with E-state index in [9.17, 15) is 17.2 Å². The van der Waals surface area contributed by atoms with Gasteiger partial charge in [0.15, 0.2) is 0 Å². The average molecular weight is 430 g/mol. The summed E-state index contributed by atoms with van der Waals surface area (Å²) in [5.74, 6) is -1.06. The van der Waals surface area contributed by atoms with Crippen molar-refractivity contribution in [3.05, 3.63) is 72.1 Å². The summed E-state index contributed by atoms with van der Waals surface area (Å²) in [5.41, 5.74) is 2.89. The smallest absolute Gasteiger partial charge is 0.246 e. The number of sulfonamides is 1. The van der Waals surface area contributed by atoms with E-state index in [-0.39, 0.29) is 13.1 Å². The van der Waals surface area contributed by atoms with Gasteiger partial charge in [0.25, 0.3) is 0 Å². The molecule has 0 atom stereocenters. The normalized spacial score (nSPS) is 15.4. The number of piperazine rings is 1. The number of aryl methyl sites for hydroxylation is 1. The minimum atomic E-state index is -4.12. The second kappa shape index (κ2) is 8.08. The maximum absolute atomic E-state index is 14.0. The van der Waals surface area contributed by atoms with Crippen molar-refractivity contribution < 1.29 is 17.2 Å². The van der Waals surface area contributed by atoms with Crippen LogP contribution in [0.15, 0.2) is 59.8 Å². The zero-order valence-corrected chi connectivity index (χ0v) is 17.1. The molecule has 4 rings (SSSR count). The zero-order chi connectivity index (χ0) is 21.3. The van der Waals surface area contributed by atoms with Crippen LogP contribution < -0.4 is 4.90 Å². The summed E-state index contributed by atoms with van der Waals surface area (Å²) in [5, 5.41) is 0. The molecule has 3 aromatic rings. The molecule has 0 saturated carbocycles. The fourth-order valence-electron chi connectivity index (χ4n) is 3.37. The molecule has 30 heavy (non-hydrogen) atoms. The molecule has 1 fully saturated rings. The van der Waals surface area contributed by atoms with Gasteiger partial charge in [-0.3, -0.25) is 0 Å². The van der Waals surface area contributed by atoms with Crippen molar-refractivity contribution in [1.82, 2.24) is 14.3 Å². The Labute approximate surface area is 173 Å². The van der Waals surface area contributed by atoms with Crippen molar-refractivity contribution in [2.75, 3.05) is 31.1 Å². The van der Waals surface area contributed by atoms with Gasteiger partial charge in [0.05, 0.1) is 5.69 Å². The third-order valence-electron chi connectivity index (χ3n) is 5.07. The Bertz CT molecular complexity index is 1160. The van der Waals surface area contributed by atoms with Gasteiger partial charge in [-0.1, -0.05) is 29.8 Å². The highest BCUT2D eigenvalue weighted by molar-refractivity contribution is 7.89. The number of halogens is 2. The number of benzene rings is 2. The molecule has 2 aromatic carbocycles. The third-order valence-corrected chi connectivity index (χ3v) is 6.99. The minimum Gasteiger partial charge on any atom is -0.354 e. The Hall–Kier alpha value is -2.91. The van der Waals surface area contributed by atoms with Crippen LogP contribution in [0.2, 0.25) is 0 Å². The van der Waals surface area contributed by atoms with Crippen LogP contribution in [0.25, 0.3) is 11.3 Å². The first-order valence-electron chi connectivity index (χ1n) is 9.44. The highest BCUT2D eigenvalue weighted by atomic mass is 32.2. The van der Waals surface area contributed by atoms with Crippen LogP contribution in [0, 0.1) is 18.6 Å². The van der Waals surface area contributed by atoms with E-state index >= 15 is 0 Å². The van der Waals surface area contributed by atoms with Crippen LogP contribution in [0.5, 0.6) is 0 Å². The molecule has 6 nitrogen and oxygen atoms in total. The van der Waals surface area contributed by atoms with Gasteiger partial charge >= 0.3 is 0 Å². The molecule has 156 valence electrons. The van der Waals surface area contributed by atoms with Crippen LogP contribution in [-0.2, 0) is 10.0 Å². The Morgan fingerprint density at radius 3 is 2.30 bits per heavy atom.